The molecule has 1 saturated heterocycles. The molecule has 0 bridgehead atoms. The van der Waals surface area contributed by atoms with Crippen LogP contribution in [0.15, 0.2) is 24.3 Å². The lowest BCUT2D eigenvalue weighted by molar-refractivity contribution is 0.263. The van der Waals surface area contributed by atoms with Gasteiger partial charge in [-0.25, -0.2) is 0 Å². The minimum atomic E-state index is 0.273. The van der Waals surface area contributed by atoms with Gasteiger partial charge in [0.05, 0.1) is 19.1 Å². The molecule has 1 aliphatic heterocycles. The Morgan fingerprint density at radius 3 is 3.14 bits per heavy atom. The van der Waals surface area contributed by atoms with E-state index in [1.807, 2.05) is 24.3 Å². The van der Waals surface area contributed by atoms with Gasteiger partial charge in [0, 0.05) is 0 Å². The van der Waals surface area contributed by atoms with Crippen LogP contribution in [0.25, 0.3) is 0 Å². The fraction of sp³-hybridized carbons (Fsp3) is 0.364. The first-order valence-corrected chi connectivity index (χ1v) is 4.59. The molecule has 72 valence electrons. The van der Waals surface area contributed by atoms with Gasteiger partial charge in [0.15, 0.2) is 0 Å². The van der Waals surface area contributed by atoms with Crippen molar-refractivity contribution in [3.8, 4) is 11.8 Å². The standard InChI is InChI=1S/C11H11NO2/c12-5-4-9-2-1-3-10(6-9)13-7-11-8-14-11/h1-3,6,11H,4,7-8H2. The number of nitrogens with zero attached hydrogens (tertiary/aromatic N) is 1. The summed E-state index contributed by atoms with van der Waals surface area (Å²) in [6, 6.07) is 9.71. The van der Waals surface area contributed by atoms with Crippen molar-refractivity contribution in [1.82, 2.24) is 0 Å². The van der Waals surface area contributed by atoms with E-state index in [1.165, 1.54) is 0 Å². The topological polar surface area (TPSA) is 45.5 Å². The van der Waals surface area contributed by atoms with Gasteiger partial charge in [0.2, 0.25) is 0 Å². The van der Waals surface area contributed by atoms with Gasteiger partial charge in [-0.1, -0.05) is 12.1 Å². The maximum atomic E-state index is 8.53. The lowest BCUT2D eigenvalue weighted by Crippen LogP contribution is -2.04. The maximum absolute atomic E-state index is 8.53. The van der Waals surface area contributed by atoms with Gasteiger partial charge < -0.3 is 9.47 Å². The van der Waals surface area contributed by atoms with E-state index < -0.39 is 0 Å². The Hall–Kier alpha value is -1.53. The van der Waals surface area contributed by atoms with Crippen molar-refractivity contribution in [2.45, 2.75) is 12.5 Å². The van der Waals surface area contributed by atoms with Crippen LogP contribution in [0.5, 0.6) is 5.75 Å². The van der Waals surface area contributed by atoms with Crippen LogP contribution in [-0.4, -0.2) is 19.3 Å². The molecule has 1 aliphatic rings. The van der Waals surface area contributed by atoms with E-state index in [9.17, 15) is 0 Å². The number of epoxide rings is 1. The molecule has 2 rings (SSSR count). The predicted molar refractivity (Wildman–Crippen MR) is 51.0 cm³/mol. The average molecular weight is 189 g/mol. The van der Waals surface area contributed by atoms with Crippen molar-refractivity contribution in [2.24, 2.45) is 0 Å². The molecule has 3 heteroatoms. The van der Waals surface area contributed by atoms with E-state index in [4.69, 9.17) is 14.7 Å². The smallest absolute Gasteiger partial charge is 0.119 e. The second-order valence-corrected chi connectivity index (χ2v) is 3.25. The molecule has 1 aromatic rings. The van der Waals surface area contributed by atoms with Crippen molar-refractivity contribution < 1.29 is 9.47 Å². The van der Waals surface area contributed by atoms with Crippen molar-refractivity contribution >= 4 is 0 Å². The Morgan fingerprint density at radius 2 is 2.43 bits per heavy atom. The summed E-state index contributed by atoms with van der Waals surface area (Å²) in [5, 5.41) is 8.53. The molecule has 0 saturated carbocycles. The number of benzene rings is 1. The van der Waals surface area contributed by atoms with Crippen LogP contribution in [0.3, 0.4) is 0 Å². The number of hydrogen-bond donors (Lipinski definition) is 0. The van der Waals surface area contributed by atoms with E-state index in [0.717, 1.165) is 17.9 Å². The monoisotopic (exact) mass is 189 g/mol. The summed E-state index contributed by atoms with van der Waals surface area (Å²) in [5.74, 6) is 0.813. The molecule has 14 heavy (non-hydrogen) atoms. The predicted octanol–water partition coefficient (Wildman–Crippen LogP) is 1.53. The lowest BCUT2D eigenvalue weighted by atomic mass is 10.1. The normalized spacial score (nSPS) is 18.6. The SMILES string of the molecule is N#CCc1cccc(OCC2CO2)c1. The zero-order valence-electron chi connectivity index (χ0n) is 7.77. The van der Waals surface area contributed by atoms with Crippen molar-refractivity contribution in [3.63, 3.8) is 0 Å². The van der Waals surface area contributed by atoms with Gasteiger partial charge in [-0.05, 0) is 17.7 Å². The molecule has 1 fully saturated rings. The van der Waals surface area contributed by atoms with Crippen LogP contribution >= 0.6 is 0 Å². The second-order valence-electron chi connectivity index (χ2n) is 3.25. The van der Waals surface area contributed by atoms with Gasteiger partial charge in [0.1, 0.15) is 18.5 Å². The zero-order valence-corrected chi connectivity index (χ0v) is 7.77. The highest BCUT2D eigenvalue weighted by Gasteiger charge is 2.22. The van der Waals surface area contributed by atoms with Crippen LogP contribution in [0.1, 0.15) is 5.56 Å². The van der Waals surface area contributed by atoms with Crippen molar-refractivity contribution in [2.75, 3.05) is 13.2 Å². The van der Waals surface area contributed by atoms with E-state index in [-0.39, 0.29) is 6.10 Å². The molecule has 0 spiro atoms. The van der Waals surface area contributed by atoms with Gasteiger partial charge in [-0.3, -0.25) is 0 Å². The third kappa shape index (κ3) is 2.48. The maximum Gasteiger partial charge on any atom is 0.119 e. The number of nitriles is 1. The molecular weight excluding hydrogens is 178 g/mol. The third-order valence-corrected chi connectivity index (χ3v) is 2.02. The highest BCUT2D eigenvalue weighted by molar-refractivity contribution is 5.30. The summed E-state index contributed by atoms with van der Waals surface area (Å²) in [4.78, 5) is 0. The van der Waals surface area contributed by atoms with E-state index in [0.29, 0.717) is 13.0 Å². The third-order valence-electron chi connectivity index (χ3n) is 2.02. The Balaban J connectivity index is 1.94. The first kappa shape index (κ1) is 9.04. The minimum absolute atomic E-state index is 0.273. The summed E-state index contributed by atoms with van der Waals surface area (Å²) in [6.07, 6.45) is 0.701. The largest absolute Gasteiger partial charge is 0.491 e. The molecule has 1 heterocycles. The van der Waals surface area contributed by atoms with Crippen LogP contribution in [0.2, 0.25) is 0 Å². The fourth-order valence-corrected chi connectivity index (χ4v) is 1.19. The summed E-state index contributed by atoms with van der Waals surface area (Å²) < 4.78 is 10.5. The Kier molecular flexibility index (Phi) is 2.66. The molecule has 0 radical (unpaired) electrons. The number of ether oxygens (including phenoxy) is 2. The van der Waals surface area contributed by atoms with Gasteiger partial charge in [-0.15, -0.1) is 0 Å². The summed E-state index contributed by atoms with van der Waals surface area (Å²) in [5.41, 5.74) is 0.988. The molecule has 1 aromatic carbocycles. The summed E-state index contributed by atoms with van der Waals surface area (Å²) in [7, 11) is 0. The summed E-state index contributed by atoms with van der Waals surface area (Å²) in [6.45, 7) is 1.41. The number of hydrogen-bond acceptors (Lipinski definition) is 3. The van der Waals surface area contributed by atoms with Crippen LogP contribution in [0.4, 0.5) is 0 Å². The first-order chi connectivity index (χ1) is 6.88. The Morgan fingerprint density at radius 1 is 1.57 bits per heavy atom. The molecular formula is C11H11NO2. The summed E-state index contributed by atoms with van der Waals surface area (Å²) >= 11 is 0. The Bertz CT molecular complexity index is 353. The first-order valence-electron chi connectivity index (χ1n) is 4.59. The van der Waals surface area contributed by atoms with E-state index in [1.54, 1.807) is 0 Å². The highest BCUT2D eigenvalue weighted by atomic mass is 16.6. The lowest BCUT2D eigenvalue weighted by Gasteiger charge is -2.04. The highest BCUT2D eigenvalue weighted by Crippen LogP contribution is 2.16. The molecule has 1 atom stereocenters. The minimum Gasteiger partial charge on any atom is -0.491 e. The van der Waals surface area contributed by atoms with Gasteiger partial charge >= 0.3 is 0 Å². The van der Waals surface area contributed by atoms with Gasteiger partial charge in [-0.2, -0.15) is 5.26 Å². The van der Waals surface area contributed by atoms with E-state index >= 15 is 0 Å². The molecule has 1 unspecified atom stereocenters. The molecule has 0 aliphatic carbocycles. The zero-order chi connectivity index (χ0) is 9.80. The quantitative estimate of drug-likeness (QED) is 0.675. The molecule has 0 amide bonds. The average Bonchev–Trinajstić information content (AvgIpc) is 2.99. The van der Waals surface area contributed by atoms with Crippen molar-refractivity contribution in [3.05, 3.63) is 29.8 Å². The van der Waals surface area contributed by atoms with Crippen molar-refractivity contribution in [1.29, 1.82) is 5.26 Å². The number of rotatable bonds is 4. The fourth-order valence-electron chi connectivity index (χ4n) is 1.19. The van der Waals surface area contributed by atoms with Gasteiger partial charge in [0.25, 0.3) is 0 Å². The second kappa shape index (κ2) is 4.12. The molecule has 3 nitrogen and oxygen atoms in total. The van der Waals surface area contributed by atoms with Crippen LogP contribution < -0.4 is 4.74 Å². The van der Waals surface area contributed by atoms with E-state index in [2.05, 4.69) is 6.07 Å². The molecule has 0 N–H and O–H groups in total. The molecule has 0 aromatic heterocycles. The Labute approximate surface area is 82.9 Å². The van der Waals surface area contributed by atoms with Crippen LogP contribution in [0, 0.1) is 11.3 Å². The van der Waals surface area contributed by atoms with Crippen LogP contribution in [-0.2, 0) is 11.2 Å².